The maximum Gasteiger partial charge on any atom is 0.425 e. The van der Waals surface area contributed by atoms with Crippen molar-refractivity contribution in [1.29, 1.82) is 0 Å². The molecule has 0 spiro atoms. The number of hydrogen-bond acceptors (Lipinski definition) is 7. The fourth-order valence-corrected chi connectivity index (χ4v) is 4.41. The first-order valence-corrected chi connectivity index (χ1v) is 13.8. The van der Waals surface area contributed by atoms with Gasteiger partial charge in [-0.3, -0.25) is 4.79 Å². The first kappa shape index (κ1) is 30.8. The summed E-state index contributed by atoms with van der Waals surface area (Å²) in [6.45, 7) is 0.280. The SMILES string of the molecule is COC(=O)[C@H](Cc1ccccc1)N(N[C@@H](Cc1cccc(OCc2ccccc2)c1)C(=O)O)C(=O)OCc1ccccc1. The monoisotopic (exact) mass is 582 g/mol. The van der Waals surface area contributed by atoms with Crippen LogP contribution in [-0.4, -0.2) is 47.3 Å². The van der Waals surface area contributed by atoms with Crippen molar-refractivity contribution in [1.82, 2.24) is 10.4 Å². The van der Waals surface area contributed by atoms with E-state index in [0.717, 1.165) is 21.7 Å². The van der Waals surface area contributed by atoms with Crippen molar-refractivity contribution in [3.05, 3.63) is 138 Å². The Hall–Kier alpha value is -5.15. The highest BCUT2D eigenvalue weighted by molar-refractivity contribution is 5.82. The summed E-state index contributed by atoms with van der Waals surface area (Å²) in [4.78, 5) is 38.9. The minimum Gasteiger partial charge on any atom is -0.489 e. The van der Waals surface area contributed by atoms with Gasteiger partial charge in [0.2, 0.25) is 0 Å². The van der Waals surface area contributed by atoms with Gasteiger partial charge in [-0.15, -0.1) is 0 Å². The molecule has 2 atom stereocenters. The summed E-state index contributed by atoms with van der Waals surface area (Å²) < 4.78 is 16.5. The highest BCUT2D eigenvalue weighted by Gasteiger charge is 2.35. The van der Waals surface area contributed by atoms with Crippen LogP contribution in [0.25, 0.3) is 0 Å². The Kier molecular flexibility index (Phi) is 11.3. The van der Waals surface area contributed by atoms with Crippen LogP contribution in [0.5, 0.6) is 5.75 Å². The minimum absolute atomic E-state index is 0.0143. The van der Waals surface area contributed by atoms with Crippen LogP contribution < -0.4 is 10.2 Å². The van der Waals surface area contributed by atoms with E-state index in [1.54, 1.807) is 48.5 Å². The Morgan fingerprint density at radius 3 is 1.86 bits per heavy atom. The van der Waals surface area contributed by atoms with Gasteiger partial charge in [-0.25, -0.2) is 20.0 Å². The van der Waals surface area contributed by atoms with E-state index in [4.69, 9.17) is 14.2 Å². The summed E-state index contributed by atoms with van der Waals surface area (Å²) in [6, 6.07) is 32.3. The molecule has 0 aliphatic rings. The number of carboxylic acid groups (broad SMARTS) is 1. The molecule has 9 nitrogen and oxygen atoms in total. The number of methoxy groups -OCH3 is 1. The number of carbonyl (C=O) groups excluding carboxylic acids is 2. The number of carboxylic acids is 1. The lowest BCUT2D eigenvalue weighted by molar-refractivity contribution is -0.150. The molecular weight excluding hydrogens is 548 g/mol. The molecule has 0 aliphatic carbocycles. The quantitative estimate of drug-likeness (QED) is 0.154. The Bertz CT molecular complexity index is 1470. The van der Waals surface area contributed by atoms with E-state index in [1.807, 2.05) is 66.7 Å². The fourth-order valence-electron chi connectivity index (χ4n) is 4.41. The maximum absolute atomic E-state index is 13.5. The predicted octanol–water partition coefficient (Wildman–Crippen LogP) is 5.19. The number of aliphatic carboxylic acids is 1. The van der Waals surface area contributed by atoms with Gasteiger partial charge in [-0.2, -0.15) is 0 Å². The molecule has 0 aliphatic heterocycles. The van der Waals surface area contributed by atoms with Gasteiger partial charge in [-0.05, 0) is 34.4 Å². The summed E-state index contributed by atoms with van der Waals surface area (Å²) in [5, 5.41) is 11.1. The van der Waals surface area contributed by atoms with E-state index in [-0.39, 0.29) is 19.4 Å². The number of hydrazine groups is 1. The van der Waals surface area contributed by atoms with Crippen molar-refractivity contribution < 1.29 is 33.7 Å². The molecule has 9 heteroatoms. The Labute approximate surface area is 250 Å². The molecule has 0 saturated heterocycles. The van der Waals surface area contributed by atoms with Crippen LogP contribution >= 0.6 is 0 Å². The minimum atomic E-state index is -1.29. The zero-order chi connectivity index (χ0) is 30.4. The highest BCUT2D eigenvalue weighted by atomic mass is 16.6. The second-order valence-corrected chi connectivity index (χ2v) is 9.78. The molecular formula is C34H34N2O7. The summed E-state index contributed by atoms with van der Waals surface area (Å²) in [5.41, 5.74) is 5.90. The average molecular weight is 583 g/mol. The van der Waals surface area contributed by atoms with Crippen molar-refractivity contribution in [2.75, 3.05) is 7.11 Å². The smallest absolute Gasteiger partial charge is 0.425 e. The van der Waals surface area contributed by atoms with Crippen molar-refractivity contribution in [2.24, 2.45) is 0 Å². The van der Waals surface area contributed by atoms with Gasteiger partial charge >= 0.3 is 18.0 Å². The van der Waals surface area contributed by atoms with E-state index in [2.05, 4.69) is 5.43 Å². The standard InChI is InChI=1S/C34H34N2O7/c1-41-33(39)31(22-25-12-5-2-6-13-25)36(34(40)43-24-27-16-9-4-10-17-27)35-30(32(37)38)21-28-18-11-19-29(20-28)42-23-26-14-7-3-8-15-26/h2-20,30-31,35H,21-24H2,1H3,(H,37,38)/t30-,31-/m0/s1. The van der Waals surface area contributed by atoms with Crippen molar-refractivity contribution in [3.63, 3.8) is 0 Å². The predicted molar refractivity (Wildman–Crippen MR) is 160 cm³/mol. The third-order valence-corrected chi connectivity index (χ3v) is 6.64. The number of carbonyl (C=O) groups is 3. The molecule has 43 heavy (non-hydrogen) atoms. The number of esters is 1. The number of nitrogens with zero attached hydrogens (tertiary/aromatic N) is 1. The molecule has 2 N–H and O–H groups in total. The molecule has 0 saturated carbocycles. The lowest BCUT2D eigenvalue weighted by Gasteiger charge is -2.32. The molecule has 0 unspecified atom stereocenters. The van der Waals surface area contributed by atoms with E-state index in [9.17, 15) is 19.5 Å². The van der Waals surface area contributed by atoms with Crippen LogP contribution in [0.4, 0.5) is 4.79 Å². The van der Waals surface area contributed by atoms with Crippen LogP contribution in [0.3, 0.4) is 0 Å². The number of hydrogen-bond donors (Lipinski definition) is 2. The largest absolute Gasteiger partial charge is 0.489 e. The van der Waals surface area contributed by atoms with Crippen molar-refractivity contribution in [2.45, 2.75) is 38.1 Å². The summed E-state index contributed by atoms with van der Waals surface area (Å²) in [6.07, 6.45) is -0.864. The molecule has 0 bridgehead atoms. The van der Waals surface area contributed by atoms with Gasteiger partial charge in [0.05, 0.1) is 7.11 Å². The number of nitrogens with one attached hydrogen (secondary N) is 1. The van der Waals surface area contributed by atoms with Gasteiger partial charge in [-0.1, -0.05) is 103 Å². The first-order chi connectivity index (χ1) is 20.9. The number of rotatable bonds is 14. The normalized spacial score (nSPS) is 12.0. The zero-order valence-electron chi connectivity index (χ0n) is 23.8. The summed E-state index contributed by atoms with van der Waals surface area (Å²) in [5.74, 6) is -1.38. The summed E-state index contributed by atoms with van der Waals surface area (Å²) >= 11 is 0. The fraction of sp³-hybridized carbons (Fsp3) is 0.206. The van der Waals surface area contributed by atoms with Gasteiger partial charge < -0.3 is 19.3 Å². The van der Waals surface area contributed by atoms with Crippen LogP contribution in [0.15, 0.2) is 115 Å². The molecule has 4 aromatic rings. The van der Waals surface area contributed by atoms with Crippen LogP contribution in [0.2, 0.25) is 0 Å². The van der Waals surface area contributed by atoms with E-state index >= 15 is 0 Å². The molecule has 0 radical (unpaired) electrons. The van der Waals surface area contributed by atoms with Crippen LogP contribution in [0, 0.1) is 0 Å². The molecule has 222 valence electrons. The second kappa shape index (κ2) is 15.7. The lowest BCUT2D eigenvalue weighted by Crippen LogP contribution is -2.59. The topological polar surface area (TPSA) is 114 Å². The molecule has 4 aromatic carbocycles. The third kappa shape index (κ3) is 9.44. The van der Waals surface area contributed by atoms with E-state index in [0.29, 0.717) is 17.9 Å². The Morgan fingerprint density at radius 1 is 0.721 bits per heavy atom. The molecule has 4 rings (SSSR count). The van der Waals surface area contributed by atoms with E-state index in [1.165, 1.54) is 7.11 Å². The molecule has 1 amide bonds. The zero-order valence-corrected chi connectivity index (χ0v) is 23.8. The molecule has 0 fully saturated rings. The van der Waals surface area contributed by atoms with Gasteiger partial charge in [0.15, 0.2) is 6.04 Å². The first-order valence-electron chi connectivity index (χ1n) is 13.8. The number of amides is 1. The average Bonchev–Trinajstić information content (AvgIpc) is 3.05. The molecule has 0 heterocycles. The van der Waals surface area contributed by atoms with Crippen LogP contribution in [-0.2, 0) is 45.1 Å². The van der Waals surface area contributed by atoms with Crippen LogP contribution in [0.1, 0.15) is 22.3 Å². The van der Waals surface area contributed by atoms with E-state index < -0.39 is 30.1 Å². The molecule has 0 aromatic heterocycles. The lowest BCUT2D eigenvalue weighted by atomic mass is 10.0. The van der Waals surface area contributed by atoms with Crippen molar-refractivity contribution >= 4 is 18.0 Å². The number of benzene rings is 4. The third-order valence-electron chi connectivity index (χ3n) is 6.64. The number of ether oxygens (including phenoxy) is 3. The Morgan fingerprint density at radius 2 is 1.28 bits per heavy atom. The van der Waals surface area contributed by atoms with Gasteiger partial charge in [0, 0.05) is 12.8 Å². The summed E-state index contributed by atoms with van der Waals surface area (Å²) in [7, 11) is 1.21. The van der Waals surface area contributed by atoms with Gasteiger partial charge in [0.25, 0.3) is 0 Å². The second-order valence-electron chi connectivity index (χ2n) is 9.78. The maximum atomic E-state index is 13.5. The van der Waals surface area contributed by atoms with Gasteiger partial charge in [0.1, 0.15) is 25.0 Å². The Balaban J connectivity index is 1.55. The highest BCUT2D eigenvalue weighted by Crippen LogP contribution is 2.18. The van der Waals surface area contributed by atoms with Crippen molar-refractivity contribution in [3.8, 4) is 5.75 Å².